The number of aromatic amines is 1. The van der Waals surface area contributed by atoms with Gasteiger partial charge < -0.3 is 14.7 Å². The largest absolute Gasteiger partial charge is 0.463 e. The summed E-state index contributed by atoms with van der Waals surface area (Å²) < 4.78 is 5.20. The van der Waals surface area contributed by atoms with Gasteiger partial charge in [-0.15, -0.1) is 0 Å². The van der Waals surface area contributed by atoms with Crippen molar-refractivity contribution in [2.24, 2.45) is 0 Å². The van der Waals surface area contributed by atoms with Gasteiger partial charge >= 0.3 is 0 Å². The fourth-order valence-electron chi connectivity index (χ4n) is 1.90. The molecule has 0 radical (unpaired) electrons. The number of thiophene rings is 1. The number of hydrogen-bond acceptors (Lipinski definition) is 4. The molecule has 0 saturated heterocycles. The van der Waals surface area contributed by atoms with E-state index < -0.39 is 11.5 Å². The van der Waals surface area contributed by atoms with Gasteiger partial charge in [0.2, 0.25) is 0 Å². The fourth-order valence-corrected chi connectivity index (χ4v) is 2.57. The molecule has 0 saturated carbocycles. The number of carbonyl (C=O) groups is 1. The van der Waals surface area contributed by atoms with E-state index in [4.69, 9.17) is 4.42 Å². The molecule has 0 aliphatic heterocycles. The summed E-state index contributed by atoms with van der Waals surface area (Å²) in [6.07, 6.45) is 1.52. The van der Waals surface area contributed by atoms with Gasteiger partial charge in [0.15, 0.2) is 0 Å². The van der Waals surface area contributed by atoms with Gasteiger partial charge in [-0.2, -0.15) is 11.3 Å². The van der Waals surface area contributed by atoms with E-state index in [1.807, 2.05) is 16.8 Å². The molecule has 0 bridgehead atoms. The van der Waals surface area contributed by atoms with E-state index in [1.165, 1.54) is 12.3 Å². The van der Waals surface area contributed by atoms with E-state index in [0.717, 1.165) is 5.56 Å². The van der Waals surface area contributed by atoms with Crippen LogP contribution < -0.4 is 10.9 Å². The van der Waals surface area contributed by atoms with E-state index in [9.17, 15) is 9.59 Å². The zero-order valence-electron chi connectivity index (χ0n) is 11.0. The quantitative estimate of drug-likeness (QED) is 0.777. The molecule has 106 valence electrons. The Morgan fingerprint density at radius 3 is 2.86 bits per heavy atom. The number of H-pyrrole nitrogens is 1. The van der Waals surface area contributed by atoms with Crippen LogP contribution in [0.4, 0.5) is 0 Å². The Labute approximate surface area is 124 Å². The molecule has 1 amide bonds. The predicted molar refractivity (Wildman–Crippen MR) is 80.3 cm³/mol. The van der Waals surface area contributed by atoms with Crippen molar-refractivity contribution in [3.63, 3.8) is 0 Å². The first kappa shape index (κ1) is 13.4. The van der Waals surface area contributed by atoms with Crippen molar-refractivity contribution in [1.82, 2.24) is 10.3 Å². The Morgan fingerprint density at radius 1 is 1.29 bits per heavy atom. The van der Waals surface area contributed by atoms with Crippen LogP contribution in [0.2, 0.25) is 0 Å². The van der Waals surface area contributed by atoms with Gasteiger partial charge in [0.1, 0.15) is 11.3 Å². The Balaban J connectivity index is 1.76. The predicted octanol–water partition coefficient (Wildman–Crippen LogP) is 2.63. The summed E-state index contributed by atoms with van der Waals surface area (Å²) in [6.45, 7) is 0.404. The average molecular weight is 300 g/mol. The zero-order chi connectivity index (χ0) is 14.7. The normalized spacial score (nSPS) is 10.5. The second kappa shape index (κ2) is 5.80. The minimum atomic E-state index is -0.438. The summed E-state index contributed by atoms with van der Waals surface area (Å²) in [6, 6.07) is 8.55. The molecule has 3 heterocycles. The number of hydrogen-bond donors (Lipinski definition) is 2. The monoisotopic (exact) mass is 300 g/mol. The third kappa shape index (κ3) is 2.95. The maximum Gasteiger partial charge on any atom is 0.261 e. The second-order valence-electron chi connectivity index (χ2n) is 4.41. The summed E-state index contributed by atoms with van der Waals surface area (Å²) in [4.78, 5) is 26.6. The molecule has 0 aliphatic rings. The third-order valence-corrected chi connectivity index (χ3v) is 3.71. The lowest BCUT2D eigenvalue weighted by Crippen LogP contribution is -2.29. The lowest BCUT2D eigenvalue weighted by molar-refractivity contribution is 0.0949. The van der Waals surface area contributed by atoms with Crippen molar-refractivity contribution in [3.05, 3.63) is 68.8 Å². The van der Waals surface area contributed by atoms with Gasteiger partial charge in [0.05, 0.1) is 12.0 Å². The standard InChI is InChI=1S/C15H12N2O3S/c18-14(16-8-10-5-7-21-9-10)11-3-4-12(17-15(11)19)13-2-1-6-20-13/h1-7,9H,8H2,(H,16,18)(H,17,19). The molecule has 3 rings (SSSR count). The topological polar surface area (TPSA) is 75.1 Å². The van der Waals surface area contributed by atoms with Crippen LogP contribution in [0, 0.1) is 0 Å². The summed E-state index contributed by atoms with van der Waals surface area (Å²) in [7, 11) is 0. The van der Waals surface area contributed by atoms with Gasteiger partial charge in [-0.1, -0.05) is 0 Å². The fraction of sp³-hybridized carbons (Fsp3) is 0.0667. The number of amides is 1. The molecule has 0 unspecified atom stereocenters. The Bertz CT molecular complexity index is 789. The van der Waals surface area contributed by atoms with Crippen molar-refractivity contribution in [2.45, 2.75) is 6.54 Å². The highest BCUT2D eigenvalue weighted by atomic mass is 32.1. The van der Waals surface area contributed by atoms with Crippen LogP contribution in [-0.2, 0) is 6.54 Å². The van der Waals surface area contributed by atoms with Gasteiger partial charge in [-0.3, -0.25) is 9.59 Å². The number of aromatic nitrogens is 1. The van der Waals surface area contributed by atoms with Crippen LogP contribution in [0.3, 0.4) is 0 Å². The average Bonchev–Trinajstić information content (AvgIpc) is 3.18. The molecule has 0 spiro atoms. The first-order chi connectivity index (χ1) is 10.2. The molecule has 6 heteroatoms. The molecule has 21 heavy (non-hydrogen) atoms. The van der Waals surface area contributed by atoms with Crippen molar-refractivity contribution in [2.75, 3.05) is 0 Å². The maximum absolute atomic E-state index is 12.0. The van der Waals surface area contributed by atoms with Crippen LogP contribution in [0.5, 0.6) is 0 Å². The highest BCUT2D eigenvalue weighted by Crippen LogP contribution is 2.15. The van der Waals surface area contributed by atoms with Crippen molar-refractivity contribution < 1.29 is 9.21 Å². The third-order valence-electron chi connectivity index (χ3n) is 2.97. The van der Waals surface area contributed by atoms with Gasteiger partial charge in [-0.05, 0) is 46.7 Å². The number of rotatable bonds is 4. The van der Waals surface area contributed by atoms with Crippen molar-refractivity contribution in [1.29, 1.82) is 0 Å². The Morgan fingerprint density at radius 2 is 2.19 bits per heavy atom. The smallest absolute Gasteiger partial charge is 0.261 e. The summed E-state index contributed by atoms with van der Waals surface area (Å²) >= 11 is 1.56. The van der Waals surface area contributed by atoms with E-state index in [0.29, 0.717) is 18.0 Å². The summed E-state index contributed by atoms with van der Waals surface area (Å²) in [5.74, 6) is 0.158. The highest BCUT2D eigenvalue weighted by Gasteiger charge is 2.12. The molecule has 3 aromatic heterocycles. The van der Waals surface area contributed by atoms with Crippen LogP contribution >= 0.6 is 11.3 Å². The summed E-state index contributed by atoms with van der Waals surface area (Å²) in [5.41, 5.74) is 1.20. The lowest BCUT2D eigenvalue weighted by Gasteiger charge is -2.04. The minimum Gasteiger partial charge on any atom is -0.463 e. The SMILES string of the molecule is O=C(NCc1ccsc1)c1ccc(-c2ccco2)[nH]c1=O. The Hall–Kier alpha value is -2.60. The molecule has 0 aromatic carbocycles. The zero-order valence-corrected chi connectivity index (χ0v) is 11.8. The molecule has 0 fully saturated rings. The molecule has 2 N–H and O–H groups in total. The lowest BCUT2D eigenvalue weighted by atomic mass is 10.2. The van der Waals surface area contributed by atoms with Crippen LogP contribution in [0.1, 0.15) is 15.9 Å². The molecular formula is C15H12N2O3S. The Kier molecular flexibility index (Phi) is 3.70. The molecular weight excluding hydrogens is 288 g/mol. The van der Waals surface area contributed by atoms with E-state index in [1.54, 1.807) is 29.5 Å². The molecule has 0 atom stereocenters. The van der Waals surface area contributed by atoms with Gasteiger partial charge in [0.25, 0.3) is 11.5 Å². The van der Waals surface area contributed by atoms with Crippen molar-refractivity contribution in [3.8, 4) is 11.5 Å². The van der Waals surface area contributed by atoms with Crippen LogP contribution in [0.15, 0.2) is 56.6 Å². The highest BCUT2D eigenvalue weighted by molar-refractivity contribution is 7.07. The first-order valence-corrected chi connectivity index (χ1v) is 7.25. The van der Waals surface area contributed by atoms with Gasteiger partial charge in [-0.25, -0.2) is 0 Å². The molecule has 3 aromatic rings. The maximum atomic E-state index is 12.0. The summed E-state index contributed by atoms with van der Waals surface area (Å²) in [5, 5.41) is 6.61. The van der Waals surface area contributed by atoms with Crippen LogP contribution in [-0.4, -0.2) is 10.9 Å². The van der Waals surface area contributed by atoms with E-state index >= 15 is 0 Å². The number of furan rings is 1. The van der Waals surface area contributed by atoms with E-state index in [2.05, 4.69) is 10.3 Å². The van der Waals surface area contributed by atoms with Crippen LogP contribution in [0.25, 0.3) is 11.5 Å². The molecule has 5 nitrogen and oxygen atoms in total. The number of pyridine rings is 1. The van der Waals surface area contributed by atoms with Gasteiger partial charge in [0, 0.05) is 6.54 Å². The number of nitrogens with one attached hydrogen (secondary N) is 2. The van der Waals surface area contributed by atoms with E-state index in [-0.39, 0.29) is 5.56 Å². The minimum absolute atomic E-state index is 0.0838. The van der Waals surface area contributed by atoms with Crippen molar-refractivity contribution >= 4 is 17.2 Å². The first-order valence-electron chi connectivity index (χ1n) is 6.30. The molecule has 0 aliphatic carbocycles. The second-order valence-corrected chi connectivity index (χ2v) is 5.19. The number of carbonyl (C=O) groups excluding carboxylic acids is 1.